The number of carbonyl (C=O) groups is 2. The maximum absolute atomic E-state index is 12.8. The number of amides is 2. The molecule has 0 heterocycles. The first-order chi connectivity index (χ1) is 16.2. The summed E-state index contributed by atoms with van der Waals surface area (Å²) in [7, 11) is -2.32. The summed E-state index contributed by atoms with van der Waals surface area (Å²) in [6.45, 7) is 3.62. The molecule has 0 aliphatic carbocycles. The minimum Gasteiger partial charge on any atom is -0.497 e. The highest BCUT2D eigenvalue weighted by Gasteiger charge is 2.19. The van der Waals surface area contributed by atoms with E-state index in [1.54, 1.807) is 50.4 Å². The highest BCUT2D eigenvalue weighted by Crippen LogP contribution is 2.20. The van der Waals surface area contributed by atoms with E-state index in [1.165, 1.54) is 12.1 Å². The third kappa shape index (κ3) is 6.58. The van der Waals surface area contributed by atoms with Gasteiger partial charge in [0.1, 0.15) is 5.75 Å². The van der Waals surface area contributed by atoms with Crippen molar-refractivity contribution in [2.45, 2.75) is 25.3 Å². The van der Waals surface area contributed by atoms with Gasteiger partial charge in [-0.3, -0.25) is 14.3 Å². The van der Waals surface area contributed by atoms with E-state index in [4.69, 9.17) is 4.74 Å². The molecule has 3 rings (SSSR count). The molecule has 3 N–H and O–H groups in total. The molecule has 8 nitrogen and oxygen atoms in total. The minimum atomic E-state index is -3.90. The summed E-state index contributed by atoms with van der Waals surface area (Å²) < 4.78 is 33.2. The maximum Gasteiger partial charge on any atom is 0.261 e. The standard InChI is InChI=1S/C25H27N3O5S/c1-17-5-4-6-20(13-17)28-34(31,32)22-12-7-18(2)23(14-22)25(30)27-16-24(29)26-15-19-8-10-21(33-3)11-9-19/h4-14,28H,15-16H2,1-3H3,(H,26,29)(H,27,30). The number of benzene rings is 3. The lowest BCUT2D eigenvalue weighted by Gasteiger charge is -2.12. The number of nitrogens with one attached hydrogen (secondary N) is 3. The van der Waals surface area contributed by atoms with Crippen LogP contribution in [0.2, 0.25) is 0 Å². The Morgan fingerprint density at radius 1 is 0.912 bits per heavy atom. The van der Waals surface area contributed by atoms with Gasteiger partial charge in [0.2, 0.25) is 5.91 Å². The molecule has 3 aromatic rings. The Labute approximate surface area is 199 Å². The molecule has 34 heavy (non-hydrogen) atoms. The van der Waals surface area contributed by atoms with Crippen LogP contribution in [0.5, 0.6) is 5.75 Å². The molecule has 0 radical (unpaired) electrons. The average Bonchev–Trinajstić information content (AvgIpc) is 2.81. The zero-order valence-corrected chi connectivity index (χ0v) is 20.0. The summed E-state index contributed by atoms with van der Waals surface area (Å²) in [6.07, 6.45) is 0. The first-order valence-corrected chi connectivity index (χ1v) is 12.0. The van der Waals surface area contributed by atoms with Crippen LogP contribution in [0.15, 0.2) is 71.6 Å². The Morgan fingerprint density at radius 3 is 2.32 bits per heavy atom. The number of rotatable bonds is 9. The van der Waals surface area contributed by atoms with E-state index in [1.807, 2.05) is 25.1 Å². The second-order valence-corrected chi connectivity index (χ2v) is 9.44. The molecule has 0 fully saturated rings. The van der Waals surface area contributed by atoms with Crippen molar-refractivity contribution in [3.63, 3.8) is 0 Å². The fourth-order valence-electron chi connectivity index (χ4n) is 3.20. The number of anilines is 1. The van der Waals surface area contributed by atoms with Crippen LogP contribution in [0.1, 0.15) is 27.0 Å². The molecule has 0 saturated carbocycles. The summed E-state index contributed by atoms with van der Waals surface area (Å²) in [5.41, 5.74) is 2.99. The zero-order chi connectivity index (χ0) is 24.7. The van der Waals surface area contributed by atoms with Crippen molar-refractivity contribution in [2.75, 3.05) is 18.4 Å². The number of aryl methyl sites for hydroxylation is 2. The molecule has 0 aliphatic heterocycles. The molecule has 0 aromatic heterocycles. The van der Waals surface area contributed by atoms with Crippen LogP contribution in [0.4, 0.5) is 5.69 Å². The highest BCUT2D eigenvalue weighted by molar-refractivity contribution is 7.92. The largest absolute Gasteiger partial charge is 0.497 e. The molecule has 0 unspecified atom stereocenters. The highest BCUT2D eigenvalue weighted by atomic mass is 32.2. The molecular formula is C25H27N3O5S. The lowest BCUT2D eigenvalue weighted by molar-refractivity contribution is -0.120. The summed E-state index contributed by atoms with van der Waals surface area (Å²) in [4.78, 5) is 24.8. The van der Waals surface area contributed by atoms with E-state index in [9.17, 15) is 18.0 Å². The van der Waals surface area contributed by atoms with Gasteiger partial charge in [-0.25, -0.2) is 8.42 Å². The van der Waals surface area contributed by atoms with Gasteiger partial charge in [0.05, 0.1) is 18.6 Å². The lowest BCUT2D eigenvalue weighted by atomic mass is 10.1. The van der Waals surface area contributed by atoms with Crippen LogP contribution >= 0.6 is 0 Å². The summed E-state index contributed by atoms with van der Waals surface area (Å²) >= 11 is 0. The molecule has 0 saturated heterocycles. The van der Waals surface area contributed by atoms with Crippen LogP contribution < -0.4 is 20.1 Å². The Morgan fingerprint density at radius 2 is 1.65 bits per heavy atom. The molecule has 0 aliphatic rings. The van der Waals surface area contributed by atoms with Crippen molar-refractivity contribution in [3.05, 3.63) is 89.0 Å². The molecule has 0 bridgehead atoms. The van der Waals surface area contributed by atoms with Crippen LogP contribution in [-0.2, 0) is 21.4 Å². The predicted octanol–water partition coefficient (Wildman–Crippen LogP) is 3.16. The fourth-order valence-corrected chi connectivity index (χ4v) is 4.27. The van der Waals surface area contributed by atoms with Gasteiger partial charge in [0, 0.05) is 17.8 Å². The number of hydrogen-bond donors (Lipinski definition) is 3. The van der Waals surface area contributed by atoms with E-state index in [-0.39, 0.29) is 22.9 Å². The Hall–Kier alpha value is -3.85. The van der Waals surface area contributed by atoms with Crippen molar-refractivity contribution in [3.8, 4) is 5.75 Å². The van der Waals surface area contributed by atoms with Crippen molar-refractivity contribution < 1.29 is 22.7 Å². The Kier molecular flexibility index (Phi) is 7.91. The van der Waals surface area contributed by atoms with Gasteiger partial charge in [-0.15, -0.1) is 0 Å². The van der Waals surface area contributed by atoms with Crippen molar-refractivity contribution in [2.24, 2.45) is 0 Å². The average molecular weight is 482 g/mol. The zero-order valence-electron chi connectivity index (χ0n) is 19.2. The fraction of sp³-hybridized carbons (Fsp3) is 0.200. The van der Waals surface area contributed by atoms with Gasteiger partial charge in [-0.2, -0.15) is 0 Å². The van der Waals surface area contributed by atoms with Crippen molar-refractivity contribution in [1.29, 1.82) is 0 Å². The molecule has 0 atom stereocenters. The topological polar surface area (TPSA) is 114 Å². The monoisotopic (exact) mass is 481 g/mol. The van der Waals surface area contributed by atoms with Crippen LogP contribution in [0, 0.1) is 13.8 Å². The van der Waals surface area contributed by atoms with Crippen LogP contribution in [0.25, 0.3) is 0 Å². The minimum absolute atomic E-state index is 0.0475. The van der Waals surface area contributed by atoms with Crippen molar-refractivity contribution >= 4 is 27.5 Å². The predicted molar refractivity (Wildman–Crippen MR) is 130 cm³/mol. The number of sulfonamides is 1. The van der Waals surface area contributed by atoms with E-state index in [0.29, 0.717) is 17.8 Å². The van der Waals surface area contributed by atoms with Gasteiger partial charge in [-0.05, 0) is 66.9 Å². The van der Waals surface area contributed by atoms with E-state index < -0.39 is 15.9 Å². The third-order valence-corrected chi connectivity index (χ3v) is 6.47. The molecule has 2 amide bonds. The summed E-state index contributed by atoms with van der Waals surface area (Å²) in [5.74, 6) is -0.188. The van der Waals surface area contributed by atoms with Gasteiger partial charge < -0.3 is 15.4 Å². The molecule has 0 spiro atoms. The molecular weight excluding hydrogens is 454 g/mol. The smallest absolute Gasteiger partial charge is 0.261 e. The van der Waals surface area contributed by atoms with Crippen molar-refractivity contribution in [1.82, 2.24) is 10.6 Å². The normalized spacial score (nSPS) is 10.9. The number of hydrogen-bond acceptors (Lipinski definition) is 5. The molecule has 9 heteroatoms. The SMILES string of the molecule is COc1ccc(CNC(=O)CNC(=O)c2cc(S(=O)(=O)Nc3cccc(C)c3)ccc2C)cc1. The maximum atomic E-state index is 12.8. The van der Waals surface area contributed by atoms with Gasteiger partial charge in [0.25, 0.3) is 15.9 Å². The van der Waals surface area contributed by atoms with Gasteiger partial charge >= 0.3 is 0 Å². The lowest BCUT2D eigenvalue weighted by Crippen LogP contribution is -2.36. The number of methoxy groups -OCH3 is 1. The van der Waals surface area contributed by atoms with Gasteiger partial charge in [0.15, 0.2) is 0 Å². The van der Waals surface area contributed by atoms with Crippen LogP contribution in [0.3, 0.4) is 0 Å². The first-order valence-electron chi connectivity index (χ1n) is 10.6. The quantitative estimate of drug-likeness (QED) is 0.435. The number of ether oxygens (including phenoxy) is 1. The Bertz CT molecular complexity index is 1290. The van der Waals surface area contributed by atoms with E-state index >= 15 is 0 Å². The molecule has 178 valence electrons. The van der Waals surface area contributed by atoms with Gasteiger partial charge in [-0.1, -0.05) is 30.3 Å². The Balaban J connectivity index is 1.61. The van der Waals surface area contributed by atoms with E-state index in [2.05, 4.69) is 15.4 Å². The first kappa shape index (κ1) is 24.8. The third-order valence-electron chi connectivity index (χ3n) is 5.09. The number of carbonyl (C=O) groups excluding carboxylic acids is 2. The second-order valence-electron chi connectivity index (χ2n) is 7.76. The van der Waals surface area contributed by atoms with E-state index in [0.717, 1.165) is 16.9 Å². The molecule has 3 aromatic carbocycles. The van der Waals surface area contributed by atoms with Crippen LogP contribution in [-0.4, -0.2) is 33.9 Å². The second kappa shape index (κ2) is 10.8. The summed E-state index contributed by atoms with van der Waals surface area (Å²) in [6, 6.07) is 18.5. The summed E-state index contributed by atoms with van der Waals surface area (Å²) in [5, 5.41) is 5.27.